The standard InChI is InChI=1S/C26H19N3O3/c30-29(31)19-10-5-9-18(15-19)26-28-24(22-12-3-4-14-25(22)32-26)16-23(27-28)21-13-6-8-17-7-1-2-11-20(17)21/h1-15,24,26H,16H2. The van der Waals surface area contributed by atoms with Crippen molar-refractivity contribution in [2.45, 2.75) is 18.7 Å². The van der Waals surface area contributed by atoms with Crippen molar-refractivity contribution in [3.05, 3.63) is 118 Å². The van der Waals surface area contributed by atoms with E-state index in [1.54, 1.807) is 12.1 Å². The summed E-state index contributed by atoms with van der Waals surface area (Å²) in [6, 6.07) is 29.1. The number of nitro groups is 1. The zero-order valence-electron chi connectivity index (χ0n) is 17.1. The van der Waals surface area contributed by atoms with Crippen LogP contribution in [0.25, 0.3) is 10.8 Å². The minimum Gasteiger partial charge on any atom is -0.464 e. The van der Waals surface area contributed by atoms with Crippen molar-refractivity contribution in [1.82, 2.24) is 5.01 Å². The van der Waals surface area contributed by atoms with E-state index in [1.807, 2.05) is 41.4 Å². The van der Waals surface area contributed by atoms with Crippen LogP contribution >= 0.6 is 0 Å². The molecule has 0 N–H and O–H groups in total. The number of non-ortho nitro benzene ring substituents is 1. The van der Waals surface area contributed by atoms with Crippen molar-refractivity contribution >= 4 is 22.2 Å². The monoisotopic (exact) mass is 421 g/mol. The highest BCUT2D eigenvalue weighted by molar-refractivity contribution is 6.11. The molecule has 2 aliphatic rings. The summed E-state index contributed by atoms with van der Waals surface area (Å²) in [5.41, 5.74) is 3.92. The molecule has 4 aromatic rings. The SMILES string of the molecule is O=[N+]([O-])c1cccc(C2Oc3ccccc3C3CC(c4cccc5ccccc45)=NN32)c1. The molecule has 6 nitrogen and oxygen atoms in total. The quantitative estimate of drug-likeness (QED) is 0.301. The topological polar surface area (TPSA) is 68.0 Å². The average molecular weight is 421 g/mol. The van der Waals surface area contributed by atoms with Gasteiger partial charge in [0.1, 0.15) is 5.75 Å². The highest BCUT2D eigenvalue weighted by Gasteiger charge is 2.41. The molecule has 0 fully saturated rings. The number of fused-ring (bicyclic) bond motifs is 4. The first-order chi connectivity index (χ1) is 15.7. The summed E-state index contributed by atoms with van der Waals surface area (Å²) in [5.74, 6) is 0.791. The molecule has 156 valence electrons. The maximum atomic E-state index is 11.3. The fraction of sp³-hybridized carbons (Fsp3) is 0.115. The molecule has 0 amide bonds. The average Bonchev–Trinajstić information content (AvgIpc) is 3.29. The molecule has 2 unspecified atom stereocenters. The van der Waals surface area contributed by atoms with Crippen LogP contribution in [0.15, 0.2) is 96.1 Å². The maximum absolute atomic E-state index is 11.3. The molecule has 0 aliphatic carbocycles. The fourth-order valence-corrected chi connectivity index (χ4v) is 4.69. The van der Waals surface area contributed by atoms with Crippen molar-refractivity contribution in [3.63, 3.8) is 0 Å². The summed E-state index contributed by atoms with van der Waals surface area (Å²) in [6.45, 7) is 0. The van der Waals surface area contributed by atoms with Crippen LogP contribution in [0.2, 0.25) is 0 Å². The predicted octanol–water partition coefficient (Wildman–Crippen LogP) is 5.99. The van der Waals surface area contributed by atoms with Crippen LogP contribution in [-0.2, 0) is 0 Å². The predicted molar refractivity (Wildman–Crippen MR) is 123 cm³/mol. The minimum absolute atomic E-state index is 0.00168. The van der Waals surface area contributed by atoms with E-state index in [0.717, 1.165) is 34.4 Å². The Kier molecular flexibility index (Phi) is 4.18. The van der Waals surface area contributed by atoms with E-state index in [-0.39, 0.29) is 16.7 Å². The largest absolute Gasteiger partial charge is 0.464 e. The van der Waals surface area contributed by atoms with E-state index in [4.69, 9.17) is 9.84 Å². The minimum atomic E-state index is -0.540. The van der Waals surface area contributed by atoms with Gasteiger partial charge in [0.2, 0.25) is 6.23 Å². The molecule has 0 saturated carbocycles. The number of nitrogens with zero attached hydrogens (tertiary/aromatic N) is 3. The molecule has 0 saturated heterocycles. The molecule has 2 atom stereocenters. The summed E-state index contributed by atoms with van der Waals surface area (Å²) >= 11 is 0. The smallest absolute Gasteiger partial charge is 0.269 e. The second-order valence-electron chi connectivity index (χ2n) is 8.03. The molecule has 0 spiro atoms. The molecular formula is C26H19N3O3. The van der Waals surface area contributed by atoms with E-state index in [9.17, 15) is 10.1 Å². The maximum Gasteiger partial charge on any atom is 0.269 e. The number of rotatable bonds is 3. The first-order valence-corrected chi connectivity index (χ1v) is 10.5. The van der Waals surface area contributed by atoms with E-state index in [0.29, 0.717) is 5.56 Å². The van der Waals surface area contributed by atoms with E-state index < -0.39 is 6.23 Å². The van der Waals surface area contributed by atoms with Crippen LogP contribution in [0.4, 0.5) is 5.69 Å². The van der Waals surface area contributed by atoms with Crippen LogP contribution in [0, 0.1) is 10.1 Å². The van der Waals surface area contributed by atoms with Gasteiger partial charge < -0.3 is 4.74 Å². The first-order valence-electron chi connectivity index (χ1n) is 10.5. The van der Waals surface area contributed by atoms with Crippen LogP contribution in [0.1, 0.15) is 35.4 Å². The molecule has 6 heteroatoms. The lowest BCUT2D eigenvalue weighted by atomic mass is 9.93. The summed E-state index contributed by atoms with van der Waals surface area (Å²) in [7, 11) is 0. The highest BCUT2D eigenvalue weighted by atomic mass is 16.6. The van der Waals surface area contributed by atoms with Crippen molar-refractivity contribution in [2.24, 2.45) is 5.10 Å². The first kappa shape index (κ1) is 18.6. The molecule has 4 aromatic carbocycles. The van der Waals surface area contributed by atoms with Gasteiger partial charge in [0, 0.05) is 35.2 Å². The number of hydrazone groups is 1. The van der Waals surface area contributed by atoms with Gasteiger partial charge in [-0.05, 0) is 16.8 Å². The van der Waals surface area contributed by atoms with Gasteiger partial charge in [-0.25, -0.2) is 5.01 Å². The van der Waals surface area contributed by atoms with Gasteiger partial charge in [0.05, 0.1) is 16.7 Å². The lowest BCUT2D eigenvalue weighted by Crippen LogP contribution is -2.33. The molecule has 2 heterocycles. The van der Waals surface area contributed by atoms with Gasteiger partial charge in [0.15, 0.2) is 0 Å². The highest BCUT2D eigenvalue weighted by Crippen LogP contribution is 2.48. The Hall–Kier alpha value is -4.19. The summed E-state index contributed by atoms with van der Waals surface area (Å²) in [5, 5.41) is 20.7. The third-order valence-electron chi connectivity index (χ3n) is 6.17. The lowest BCUT2D eigenvalue weighted by Gasteiger charge is -2.38. The molecule has 0 aromatic heterocycles. The summed E-state index contributed by atoms with van der Waals surface area (Å²) in [6.07, 6.45) is 0.196. The zero-order valence-corrected chi connectivity index (χ0v) is 17.1. The molecule has 32 heavy (non-hydrogen) atoms. The summed E-state index contributed by atoms with van der Waals surface area (Å²) < 4.78 is 6.33. The Morgan fingerprint density at radius 1 is 0.938 bits per heavy atom. The molecule has 0 radical (unpaired) electrons. The van der Waals surface area contributed by atoms with E-state index in [2.05, 4.69) is 36.4 Å². The Labute approximate surface area is 184 Å². The molecule has 2 aliphatic heterocycles. The zero-order chi connectivity index (χ0) is 21.7. The molecule has 0 bridgehead atoms. The van der Waals surface area contributed by atoms with Crippen LogP contribution in [0.5, 0.6) is 5.75 Å². The number of benzene rings is 4. The third kappa shape index (κ3) is 2.92. The van der Waals surface area contributed by atoms with Crippen molar-refractivity contribution < 1.29 is 9.66 Å². The van der Waals surface area contributed by atoms with Crippen molar-refractivity contribution in [3.8, 4) is 5.75 Å². The molecule has 6 rings (SSSR count). The number of ether oxygens (including phenoxy) is 1. The van der Waals surface area contributed by atoms with Gasteiger partial charge in [-0.3, -0.25) is 10.1 Å². The van der Waals surface area contributed by atoms with Gasteiger partial charge in [-0.15, -0.1) is 0 Å². The van der Waals surface area contributed by atoms with E-state index >= 15 is 0 Å². The Morgan fingerprint density at radius 3 is 2.62 bits per heavy atom. The number of para-hydroxylation sites is 1. The lowest BCUT2D eigenvalue weighted by molar-refractivity contribution is -0.385. The van der Waals surface area contributed by atoms with Gasteiger partial charge in [0.25, 0.3) is 5.69 Å². The van der Waals surface area contributed by atoms with Crippen LogP contribution < -0.4 is 4.74 Å². The second kappa shape index (κ2) is 7.20. The Morgan fingerprint density at radius 2 is 1.72 bits per heavy atom. The van der Waals surface area contributed by atoms with Crippen molar-refractivity contribution in [2.75, 3.05) is 0 Å². The number of hydrogen-bond donors (Lipinski definition) is 0. The number of hydrogen-bond acceptors (Lipinski definition) is 5. The van der Waals surface area contributed by atoms with E-state index in [1.165, 1.54) is 11.5 Å². The third-order valence-corrected chi connectivity index (χ3v) is 6.17. The van der Waals surface area contributed by atoms with Crippen LogP contribution in [-0.4, -0.2) is 15.6 Å². The summed E-state index contributed by atoms with van der Waals surface area (Å²) in [4.78, 5) is 11.0. The van der Waals surface area contributed by atoms with Gasteiger partial charge in [-0.1, -0.05) is 72.8 Å². The fourth-order valence-electron chi connectivity index (χ4n) is 4.69. The second-order valence-corrected chi connectivity index (χ2v) is 8.03. The van der Waals surface area contributed by atoms with Gasteiger partial charge in [-0.2, -0.15) is 5.10 Å². The van der Waals surface area contributed by atoms with Crippen LogP contribution in [0.3, 0.4) is 0 Å². The number of nitro benzene ring substituents is 1. The van der Waals surface area contributed by atoms with Crippen molar-refractivity contribution in [1.29, 1.82) is 0 Å². The Balaban J connectivity index is 1.49. The van der Waals surface area contributed by atoms with Gasteiger partial charge >= 0.3 is 0 Å². The Bertz CT molecular complexity index is 1390. The normalized spacial score (nSPS) is 19.1. The molecular weight excluding hydrogens is 402 g/mol.